The SMILES string of the molecule is Cc1cnc(C(N)C2CCOC3(CCCCC3)C2)cn1. The van der Waals surface area contributed by atoms with E-state index in [1.807, 2.05) is 19.3 Å². The fourth-order valence-corrected chi connectivity index (χ4v) is 3.73. The highest BCUT2D eigenvalue weighted by molar-refractivity contribution is 5.08. The van der Waals surface area contributed by atoms with Gasteiger partial charge >= 0.3 is 0 Å². The molecule has 1 aliphatic carbocycles. The van der Waals surface area contributed by atoms with Crippen molar-refractivity contribution in [1.82, 2.24) is 9.97 Å². The number of rotatable bonds is 2. The molecule has 1 aromatic heterocycles. The minimum atomic E-state index is -0.00852. The highest BCUT2D eigenvalue weighted by Crippen LogP contribution is 2.43. The zero-order valence-electron chi connectivity index (χ0n) is 12.3. The van der Waals surface area contributed by atoms with Crippen LogP contribution in [0.25, 0.3) is 0 Å². The lowest BCUT2D eigenvalue weighted by Gasteiger charge is -2.44. The molecular formula is C16H25N3O. The van der Waals surface area contributed by atoms with Gasteiger partial charge in [0.15, 0.2) is 0 Å². The molecule has 2 unspecified atom stereocenters. The molecular weight excluding hydrogens is 250 g/mol. The minimum absolute atomic E-state index is 0.00852. The van der Waals surface area contributed by atoms with Gasteiger partial charge in [0, 0.05) is 12.8 Å². The first-order valence-electron chi connectivity index (χ1n) is 7.87. The molecule has 0 bridgehead atoms. The van der Waals surface area contributed by atoms with E-state index in [4.69, 9.17) is 10.5 Å². The van der Waals surface area contributed by atoms with E-state index in [2.05, 4.69) is 9.97 Å². The van der Waals surface area contributed by atoms with Gasteiger partial charge in [-0.3, -0.25) is 9.97 Å². The summed E-state index contributed by atoms with van der Waals surface area (Å²) in [5.74, 6) is 0.471. The zero-order valence-corrected chi connectivity index (χ0v) is 12.3. The van der Waals surface area contributed by atoms with Crippen molar-refractivity contribution in [2.45, 2.75) is 63.5 Å². The highest BCUT2D eigenvalue weighted by Gasteiger charge is 2.40. The summed E-state index contributed by atoms with van der Waals surface area (Å²) < 4.78 is 6.15. The molecule has 2 aliphatic rings. The molecule has 1 saturated carbocycles. The normalized spacial score (nSPS) is 27.4. The van der Waals surface area contributed by atoms with Gasteiger partial charge in [0.1, 0.15) is 0 Å². The first kappa shape index (κ1) is 14.0. The van der Waals surface area contributed by atoms with Crippen molar-refractivity contribution in [3.8, 4) is 0 Å². The molecule has 1 spiro atoms. The van der Waals surface area contributed by atoms with Crippen molar-refractivity contribution in [2.75, 3.05) is 6.61 Å². The third-order valence-corrected chi connectivity index (χ3v) is 4.95. The van der Waals surface area contributed by atoms with Gasteiger partial charge in [0.25, 0.3) is 0 Å². The number of nitrogens with two attached hydrogens (primary N) is 1. The summed E-state index contributed by atoms with van der Waals surface area (Å²) in [6.07, 6.45) is 12.1. The molecule has 1 aliphatic heterocycles. The van der Waals surface area contributed by atoms with Crippen molar-refractivity contribution in [3.05, 3.63) is 23.8 Å². The van der Waals surface area contributed by atoms with Crippen molar-refractivity contribution in [2.24, 2.45) is 11.7 Å². The van der Waals surface area contributed by atoms with Gasteiger partial charge in [-0.05, 0) is 38.5 Å². The van der Waals surface area contributed by atoms with E-state index in [9.17, 15) is 0 Å². The monoisotopic (exact) mass is 275 g/mol. The maximum atomic E-state index is 6.45. The van der Waals surface area contributed by atoms with Crippen LogP contribution in [-0.4, -0.2) is 22.2 Å². The standard InChI is InChI=1S/C16H25N3O/c1-12-10-19-14(11-18-12)15(17)13-5-8-20-16(9-13)6-3-2-4-7-16/h10-11,13,15H,2-9,17H2,1H3. The molecule has 2 atom stereocenters. The summed E-state index contributed by atoms with van der Waals surface area (Å²) in [4.78, 5) is 8.78. The highest BCUT2D eigenvalue weighted by atomic mass is 16.5. The summed E-state index contributed by atoms with van der Waals surface area (Å²) in [5.41, 5.74) is 8.43. The van der Waals surface area contributed by atoms with Gasteiger partial charge in [-0.25, -0.2) is 0 Å². The largest absolute Gasteiger partial charge is 0.375 e. The Morgan fingerprint density at radius 1 is 1.25 bits per heavy atom. The number of ether oxygens (including phenoxy) is 1. The molecule has 2 heterocycles. The fourth-order valence-electron chi connectivity index (χ4n) is 3.73. The van der Waals surface area contributed by atoms with Crippen molar-refractivity contribution >= 4 is 0 Å². The van der Waals surface area contributed by atoms with E-state index in [0.717, 1.165) is 30.8 Å². The second-order valence-electron chi connectivity index (χ2n) is 6.45. The summed E-state index contributed by atoms with van der Waals surface area (Å²) in [6.45, 7) is 2.80. The molecule has 4 nitrogen and oxygen atoms in total. The second-order valence-corrected chi connectivity index (χ2v) is 6.45. The van der Waals surface area contributed by atoms with E-state index < -0.39 is 0 Å². The van der Waals surface area contributed by atoms with Crippen molar-refractivity contribution in [3.63, 3.8) is 0 Å². The maximum Gasteiger partial charge on any atom is 0.0756 e. The van der Waals surface area contributed by atoms with E-state index >= 15 is 0 Å². The van der Waals surface area contributed by atoms with Crippen LogP contribution in [0.15, 0.2) is 12.4 Å². The maximum absolute atomic E-state index is 6.45. The number of hydrogen-bond acceptors (Lipinski definition) is 4. The Balaban J connectivity index is 1.71. The molecule has 1 saturated heterocycles. The predicted octanol–water partition coefficient (Wildman–Crippen LogP) is 2.91. The van der Waals surface area contributed by atoms with E-state index in [1.165, 1.54) is 32.1 Å². The summed E-state index contributed by atoms with van der Waals surface area (Å²) in [7, 11) is 0. The molecule has 0 radical (unpaired) electrons. The molecule has 20 heavy (non-hydrogen) atoms. The average Bonchev–Trinajstić information content (AvgIpc) is 2.48. The summed E-state index contributed by atoms with van der Waals surface area (Å²) in [6, 6.07) is -0.00852. The summed E-state index contributed by atoms with van der Waals surface area (Å²) in [5, 5.41) is 0. The molecule has 4 heteroatoms. The Kier molecular flexibility index (Phi) is 4.03. The Morgan fingerprint density at radius 2 is 2.05 bits per heavy atom. The first-order chi connectivity index (χ1) is 9.69. The van der Waals surface area contributed by atoms with Gasteiger partial charge in [-0.1, -0.05) is 19.3 Å². The third-order valence-electron chi connectivity index (χ3n) is 4.95. The first-order valence-corrected chi connectivity index (χ1v) is 7.87. The molecule has 2 N–H and O–H groups in total. The number of nitrogens with zero attached hydrogens (tertiary/aromatic N) is 2. The Hall–Kier alpha value is -1.00. The van der Waals surface area contributed by atoms with Gasteiger partial charge in [-0.15, -0.1) is 0 Å². The van der Waals surface area contributed by atoms with Crippen LogP contribution in [0.3, 0.4) is 0 Å². The van der Waals surface area contributed by atoms with Gasteiger partial charge in [0.05, 0.1) is 29.2 Å². The Bertz CT molecular complexity index is 434. The summed E-state index contributed by atoms with van der Waals surface area (Å²) >= 11 is 0. The molecule has 0 aromatic carbocycles. The average molecular weight is 275 g/mol. The predicted molar refractivity (Wildman–Crippen MR) is 78.2 cm³/mol. The lowest BCUT2D eigenvalue weighted by Crippen LogP contribution is -2.44. The van der Waals surface area contributed by atoms with Crippen LogP contribution < -0.4 is 5.73 Å². The minimum Gasteiger partial charge on any atom is -0.375 e. The molecule has 3 rings (SSSR count). The van der Waals surface area contributed by atoms with Crippen LogP contribution >= 0.6 is 0 Å². The smallest absolute Gasteiger partial charge is 0.0756 e. The number of aryl methyl sites for hydroxylation is 1. The van der Waals surface area contributed by atoms with Crippen molar-refractivity contribution < 1.29 is 4.74 Å². The van der Waals surface area contributed by atoms with Gasteiger partial charge in [-0.2, -0.15) is 0 Å². The van der Waals surface area contributed by atoms with Crippen molar-refractivity contribution in [1.29, 1.82) is 0 Å². The molecule has 110 valence electrons. The Morgan fingerprint density at radius 3 is 2.75 bits per heavy atom. The number of hydrogen-bond donors (Lipinski definition) is 1. The Labute approximate surface area is 121 Å². The van der Waals surface area contributed by atoms with Crippen LogP contribution in [0.5, 0.6) is 0 Å². The number of aromatic nitrogens is 2. The lowest BCUT2D eigenvalue weighted by molar-refractivity contribution is -0.120. The molecule has 1 aromatic rings. The van der Waals surface area contributed by atoms with Crippen LogP contribution in [-0.2, 0) is 4.74 Å². The fraction of sp³-hybridized carbons (Fsp3) is 0.750. The van der Waals surface area contributed by atoms with Crippen LogP contribution in [0, 0.1) is 12.8 Å². The quantitative estimate of drug-likeness (QED) is 0.901. The second kappa shape index (κ2) is 5.78. The van der Waals surface area contributed by atoms with E-state index in [1.54, 1.807) is 0 Å². The lowest BCUT2D eigenvalue weighted by atomic mass is 9.74. The zero-order chi connectivity index (χ0) is 14.0. The van der Waals surface area contributed by atoms with Crippen LogP contribution in [0.4, 0.5) is 0 Å². The van der Waals surface area contributed by atoms with Gasteiger partial charge in [0.2, 0.25) is 0 Å². The third kappa shape index (κ3) is 2.86. The van der Waals surface area contributed by atoms with E-state index in [0.29, 0.717) is 5.92 Å². The van der Waals surface area contributed by atoms with Gasteiger partial charge < -0.3 is 10.5 Å². The van der Waals surface area contributed by atoms with E-state index in [-0.39, 0.29) is 11.6 Å². The van der Waals surface area contributed by atoms with Crippen LogP contribution in [0.1, 0.15) is 62.4 Å². The van der Waals surface area contributed by atoms with Crippen LogP contribution in [0.2, 0.25) is 0 Å². The molecule has 2 fully saturated rings. The topological polar surface area (TPSA) is 61.0 Å². The molecule has 0 amide bonds.